The highest BCUT2D eigenvalue weighted by molar-refractivity contribution is 6.89. The number of benzene rings is 2. The number of aromatic nitrogens is 1. The normalized spacial score (nSPS) is 11.2. The van der Waals surface area contributed by atoms with Gasteiger partial charge in [-0.05, 0) is 37.3 Å². The van der Waals surface area contributed by atoms with Gasteiger partial charge in [0.15, 0.2) is 0 Å². The molecule has 0 saturated carbocycles. The standard InChI is InChI=1S/C23H27NO3Si/c1-4-26-20-13-15-22(16-14-20)28(2,3)18-25-17-19-9-8-12-23(24-19)27-21-10-6-5-7-11-21/h5-16H,4,17-18H2,1-3H3. The predicted octanol–water partition coefficient (Wildman–Crippen LogP) is 4.94. The van der Waals surface area contributed by atoms with Gasteiger partial charge in [-0.15, -0.1) is 0 Å². The van der Waals surface area contributed by atoms with Crippen molar-refractivity contribution in [2.24, 2.45) is 0 Å². The predicted molar refractivity (Wildman–Crippen MR) is 115 cm³/mol. The molecular weight excluding hydrogens is 366 g/mol. The van der Waals surface area contributed by atoms with Gasteiger partial charge in [-0.25, -0.2) is 4.98 Å². The summed E-state index contributed by atoms with van der Waals surface area (Å²) in [6.45, 7) is 7.77. The molecule has 0 aliphatic rings. The number of pyridine rings is 1. The lowest BCUT2D eigenvalue weighted by molar-refractivity contribution is 0.156. The fourth-order valence-corrected chi connectivity index (χ4v) is 4.72. The first-order chi connectivity index (χ1) is 13.6. The average molecular weight is 394 g/mol. The molecule has 146 valence electrons. The highest BCUT2D eigenvalue weighted by Crippen LogP contribution is 2.19. The molecule has 0 unspecified atom stereocenters. The van der Waals surface area contributed by atoms with Crippen molar-refractivity contribution < 1.29 is 14.2 Å². The number of ether oxygens (including phenoxy) is 3. The van der Waals surface area contributed by atoms with Crippen LogP contribution in [-0.2, 0) is 11.3 Å². The van der Waals surface area contributed by atoms with E-state index in [0.29, 0.717) is 19.1 Å². The van der Waals surface area contributed by atoms with Gasteiger partial charge in [0.25, 0.3) is 0 Å². The minimum atomic E-state index is -1.69. The van der Waals surface area contributed by atoms with Crippen molar-refractivity contribution in [2.75, 3.05) is 12.8 Å². The topological polar surface area (TPSA) is 40.6 Å². The van der Waals surface area contributed by atoms with Gasteiger partial charge in [0, 0.05) is 12.3 Å². The molecule has 3 rings (SSSR count). The second-order valence-corrected chi connectivity index (χ2v) is 11.9. The summed E-state index contributed by atoms with van der Waals surface area (Å²) in [7, 11) is -1.69. The van der Waals surface area contributed by atoms with Crippen LogP contribution >= 0.6 is 0 Å². The van der Waals surface area contributed by atoms with E-state index < -0.39 is 8.07 Å². The van der Waals surface area contributed by atoms with Crippen LogP contribution in [0, 0.1) is 0 Å². The zero-order valence-corrected chi connectivity index (χ0v) is 17.7. The Bertz CT molecular complexity index is 867. The van der Waals surface area contributed by atoms with Crippen molar-refractivity contribution in [1.29, 1.82) is 0 Å². The molecule has 0 radical (unpaired) electrons. The van der Waals surface area contributed by atoms with Gasteiger partial charge in [-0.3, -0.25) is 0 Å². The van der Waals surface area contributed by atoms with E-state index in [4.69, 9.17) is 14.2 Å². The van der Waals surface area contributed by atoms with E-state index in [9.17, 15) is 0 Å². The fraction of sp³-hybridized carbons (Fsp3) is 0.261. The maximum absolute atomic E-state index is 6.03. The van der Waals surface area contributed by atoms with Crippen LogP contribution in [0.5, 0.6) is 17.4 Å². The van der Waals surface area contributed by atoms with Crippen molar-refractivity contribution in [3.63, 3.8) is 0 Å². The zero-order chi connectivity index (χ0) is 19.8. The summed E-state index contributed by atoms with van der Waals surface area (Å²) < 4.78 is 17.4. The van der Waals surface area contributed by atoms with Crippen LogP contribution < -0.4 is 14.7 Å². The van der Waals surface area contributed by atoms with Crippen molar-refractivity contribution in [3.05, 3.63) is 78.5 Å². The molecule has 0 spiro atoms. The van der Waals surface area contributed by atoms with E-state index in [1.165, 1.54) is 5.19 Å². The van der Waals surface area contributed by atoms with Gasteiger partial charge in [0.1, 0.15) is 19.6 Å². The summed E-state index contributed by atoms with van der Waals surface area (Å²) in [5.74, 6) is 2.27. The average Bonchev–Trinajstić information content (AvgIpc) is 2.70. The lowest BCUT2D eigenvalue weighted by atomic mass is 10.3. The van der Waals surface area contributed by atoms with E-state index >= 15 is 0 Å². The van der Waals surface area contributed by atoms with Gasteiger partial charge in [0.2, 0.25) is 5.88 Å². The fourth-order valence-electron chi connectivity index (χ4n) is 2.87. The molecule has 0 fully saturated rings. The summed E-state index contributed by atoms with van der Waals surface area (Å²) >= 11 is 0. The van der Waals surface area contributed by atoms with Crippen LogP contribution in [0.1, 0.15) is 12.6 Å². The number of rotatable bonds is 9. The highest BCUT2D eigenvalue weighted by Gasteiger charge is 2.24. The number of nitrogens with zero attached hydrogens (tertiary/aromatic N) is 1. The van der Waals surface area contributed by atoms with Gasteiger partial charge in [0.05, 0.1) is 18.9 Å². The first kappa shape index (κ1) is 20.1. The second-order valence-electron chi connectivity index (χ2n) is 7.22. The van der Waals surface area contributed by atoms with Crippen LogP contribution in [0.4, 0.5) is 0 Å². The number of para-hydroxylation sites is 1. The van der Waals surface area contributed by atoms with E-state index in [0.717, 1.165) is 23.4 Å². The maximum Gasteiger partial charge on any atom is 0.219 e. The molecule has 2 aromatic carbocycles. The van der Waals surface area contributed by atoms with Crippen LogP contribution in [0.3, 0.4) is 0 Å². The van der Waals surface area contributed by atoms with Crippen molar-refractivity contribution in [2.45, 2.75) is 26.6 Å². The Morgan fingerprint density at radius 1 is 0.821 bits per heavy atom. The first-order valence-electron chi connectivity index (χ1n) is 9.57. The lowest BCUT2D eigenvalue weighted by Crippen LogP contribution is -2.46. The molecule has 1 aromatic heterocycles. The third-order valence-corrected chi connectivity index (χ3v) is 7.23. The quantitative estimate of drug-likeness (QED) is 0.483. The molecule has 5 heteroatoms. The summed E-state index contributed by atoms with van der Waals surface area (Å²) in [6, 6.07) is 23.8. The largest absolute Gasteiger partial charge is 0.494 e. The molecule has 1 heterocycles. The third-order valence-electron chi connectivity index (χ3n) is 4.41. The minimum Gasteiger partial charge on any atom is -0.494 e. The summed E-state index contributed by atoms with van der Waals surface area (Å²) in [5.41, 5.74) is 0.866. The Hall–Kier alpha value is -2.63. The van der Waals surface area contributed by atoms with E-state index in [1.54, 1.807) is 0 Å². The van der Waals surface area contributed by atoms with Crippen molar-refractivity contribution in [1.82, 2.24) is 4.98 Å². The Morgan fingerprint density at radius 3 is 2.29 bits per heavy atom. The van der Waals surface area contributed by atoms with Crippen LogP contribution in [0.2, 0.25) is 13.1 Å². The molecule has 0 aliphatic carbocycles. The van der Waals surface area contributed by atoms with Crippen molar-refractivity contribution in [3.8, 4) is 17.4 Å². The Balaban J connectivity index is 1.55. The second kappa shape index (κ2) is 9.53. The van der Waals surface area contributed by atoms with E-state index in [2.05, 4.69) is 30.2 Å². The molecule has 0 saturated heterocycles. The highest BCUT2D eigenvalue weighted by atomic mass is 28.3. The number of hydrogen-bond donors (Lipinski definition) is 0. The number of hydrogen-bond acceptors (Lipinski definition) is 4. The molecule has 28 heavy (non-hydrogen) atoms. The van der Waals surface area contributed by atoms with E-state index in [-0.39, 0.29) is 0 Å². The monoisotopic (exact) mass is 393 g/mol. The van der Waals surface area contributed by atoms with Gasteiger partial charge >= 0.3 is 0 Å². The lowest BCUT2D eigenvalue weighted by Gasteiger charge is -2.23. The van der Waals surface area contributed by atoms with Gasteiger partial charge < -0.3 is 14.2 Å². The molecule has 3 aromatic rings. The smallest absolute Gasteiger partial charge is 0.219 e. The van der Waals surface area contributed by atoms with Crippen LogP contribution in [0.25, 0.3) is 0 Å². The van der Waals surface area contributed by atoms with Crippen LogP contribution in [0.15, 0.2) is 72.8 Å². The Kier molecular flexibility index (Phi) is 6.84. The Morgan fingerprint density at radius 2 is 1.57 bits per heavy atom. The molecule has 4 nitrogen and oxygen atoms in total. The minimum absolute atomic E-state index is 0.472. The molecule has 0 aliphatic heterocycles. The summed E-state index contributed by atoms with van der Waals surface area (Å²) in [4.78, 5) is 4.54. The SMILES string of the molecule is CCOc1ccc([Si](C)(C)COCc2cccc(Oc3ccccc3)n2)cc1. The molecule has 0 N–H and O–H groups in total. The molecular formula is C23H27NO3Si. The maximum atomic E-state index is 6.03. The Labute approximate surface area is 168 Å². The zero-order valence-electron chi connectivity index (χ0n) is 16.7. The first-order valence-corrected chi connectivity index (χ1v) is 12.8. The molecule has 0 amide bonds. The van der Waals surface area contributed by atoms with E-state index in [1.807, 2.05) is 67.6 Å². The van der Waals surface area contributed by atoms with Crippen molar-refractivity contribution >= 4 is 13.3 Å². The summed E-state index contributed by atoms with van der Waals surface area (Å²) in [6.07, 6.45) is 0.729. The van der Waals surface area contributed by atoms with Gasteiger partial charge in [-0.2, -0.15) is 0 Å². The third kappa shape index (κ3) is 5.68. The molecule has 0 atom stereocenters. The molecule has 0 bridgehead atoms. The van der Waals surface area contributed by atoms with Crippen LogP contribution in [-0.4, -0.2) is 25.9 Å². The van der Waals surface area contributed by atoms with Gasteiger partial charge in [-0.1, -0.05) is 54.7 Å². The summed E-state index contributed by atoms with van der Waals surface area (Å²) in [5, 5.41) is 1.35.